The maximum absolute atomic E-state index is 13.9. The van der Waals surface area contributed by atoms with E-state index >= 15 is 0 Å². The van der Waals surface area contributed by atoms with Crippen molar-refractivity contribution in [3.05, 3.63) is 65.2 Å². The van der Waals surface area contributed by atoms with Crippen LogP contribution in [0.15, 0.2) is 57.6 Å². The minimum atomic E-state index is -4.74. The number of carbonyl (C=O) groups is 1. The zero-order valence-electron chi connectivity index (χ0n) is 15.1. The van der Waals surface area contributed by atoms with Gasteiger partial charge in [0.15, 0.2) is 0 Å². The summed E-state index contributed by atoms with van der Waals surface area (Å²) >= 11 is 0. The van der Waals surface area contributed by atoms with Crippen LogP contribution in [-0.4, -0.2) is 16.6 Å². The Bertz CT molecular complexity index is 1260. The SMILES string of the molecule is O=Cc1ccc2c(c1)OCc1c-2noc1-c1onc(-c2ccccc2)c1C(F)(F)F. The van der Waals surface area contributed by atoms with Crippen LogP contribution < -0.4 is 4.74 Å². The molecule has 150 valence electrons. The third kappa shape index (κ3) is 2.78. The summed E-state index contributed by atoms with van der Waals surface area (Å²) in [5, 5.41) is 7.60. The molecule has 0 saturated heterocycles. The number of hydrogen-bond donors (Lipinski definition) is 0. The lowest BCUT2D eigenvalue weighted by molar-refractivity contribution is -0.136. The van der Waals surface area contributed by atoms with E-state index in [1.807, 2.05) is 0 Å². The van der Waals surface area contributed by atoms with Crippen molar-refractivity contribution in [3.8, 4) is 39.8 Å². The van der Waals surface area contributed by atoms with Gasteiger partial charge in [-0.05, 0) is 12.1 Å². The average Bonchev–Trinajstić information content (AvgIpc) is 3.38. The quantitative estimate of drug-likeness (QED) is 0.420. The van der Waals surface area contributed by atoms with E-state index in [2.05, 4.69) is 10.3 Å². The largest absolute Gasteiger partial charge is 0.488 e. The highest BCUT2D eigenvalue weighted by molar-refractivity contribution is 5.83. The summed E-state index contributed by atoms with van der Waals surface area (Å²) < 4.78 is 57.8. The number of hydrogen-bond acceptors (Lipinski definition) is 6. The van der Waals surface area contributed by atoms with Crippen molar-refractivity contribution in [3.63, 3.8) is 0 Å². The fourth-order valence-corrected chi connectivity index (χ4v) is 3.41. The Labute approximate surface area is 166 Å². The summed E-state index contributed by atoms with van der Waals surface area (Å²) in [5.74, 6) is -0.366. The van der Waals surface area contributed by atoms with E-state index in [0.717, 1.165) is 0 Å². The molecule has 3 heterocycles. The molecule has 0 N–H and O–H groups in total. The van der Waals surface area contributed by atoms with Gasteiger partial charge in [-0.25, -0.2) is 0 Å². The number of halogens is 3. The molecule has 0 radical (unpaired) electrons. The van der Waals surface area contributed by atoms with E-state index in [9.17, 15) is 18.0 Å². The van der Waals surface area contributed by atoms with Crippen LogP contribution >= 0.6 is 0 Å². The predicted molar refractivity (Wildman–Crippen MR) is 97.6 cm³/mol. The summed E-state index contributed by atoms with van der Waals surface area (Å²) in [4.78, 5) is 11.0. The average molecular weight is 412 g/mol. The molecule has 6 nitrogen and oxygen atoms in total. The third-order valence-corrected chi connectivity index (χ3v) is 4.79. The van der Waals surface area contributed by atoms with Gasteiger partial charge in [-0.1, -0.05) is 46.7 Å². The Hall–Kier alpha value is -3.88. The van der Waals surface area contributed by atoms with Gasteiger partial charge in [0.25, 0.3) is 0 Å². The molecule has 1 aliphatic rings. The molecule has 0 spiro atoms. The van der Waals surface area contributed by atoms with Crippen molar-refractivity contribution in [1.82, 2.24) is 10.3 Å². The fourth-order valence-electron chi connectivity index (χ4n) is 3.41. The number of benzene rings is 2. The summed E-state index contributed by atoms with van der Waals surface area (Å²) in [5.41, 5.74) is 0.426. The molecule has 0 saturated carbocycles. The van der Waals surface area contributed by atoms with E-state index < -0.39 is 17.5 Å². The standard InChI is InChI=1S/C21H11F3N2O4/c22-21(23,24)16-17(12-4-2-1-3-5-12)25-30-20(16)19-14-10-28-15-8-11(9-27)6-7-13(15)18(14)26-29-19/h1-9H,10H2. The molecule has 0 unspecified atom stereocenters. The van der Waals surface area contributed by atoms with Gasteiger partial charge in [0.05, 0.1) is 5.56 Å². The van der Waals surface area contributed by atoms with Gasteiger partial charge in [-0.3, -0.25) is 4.79 Å². The van der Waals surface area contributed by atoms with Gasteiger partial charge in [0, 0.05) is 16.7 Å². The van der Waals surface area contributed by atoms with Gasteiger partial charge >= 0.3 is 6.18 Å². The third-order valence-electron chi connectivity index (χ3n) is 4.79. The molecule has 9 heteroatoms. The maximum Gasteiger partial charge on any atom is 0.422 e. The van der Waals surface area contributed by atoms with Crippen molar-refractivity contribution < 1.29 is 31.7 Å². The lowest BCUT2D eigenvalue weighted by Crippen LogP contribution is -2.09. The first-order chi connectivity index (χ1) is 14.5. The molecular formula is C21H11F3N2O4. The topological polar surface area (TPSA) is 78.4 Å². The zero-order valence-corrected chi connectivity index (χ0v) is 15.1. The molecular weight excluding hydrogens is 401 g/mol. The van der Waals surface area contributed by atoms with Gasteiger partial charge in [0.1, 0.15) is 35.6 Å². The number of aldehydes is 1. The smallest absolute Gasteiger partial charge is 0.422 e. The van der Waals surface area contributed by atoms with Crippen molar-refractivity contribution in [1.29, 1.82) is 0 Å². The van der Waals surface area contributed by atoms with E-state index in [-0.39, 0.29) is 23.6 Å². The highest BCUT2D eigenvalue weighted by Crippen LogP contribution is 2.47. The lowest BCUT2D eigenvalue weighted by atomic mass is 9.98. The first-order valence-electron chi connectivity index (χ1n) is 8.81. The first kappa shape index (κ1) is 18.2. The van der Waals surface area contributed by atoms with Crippen molar-refractivity contribution >= 4 is 6.29 Å². The Morgan fingerprint density at radius 3 is 2.40 bits per heavy atom. The van der Waals surface area contributed by atoms with Crippen LogP contribution in [0.1, 0.15) is 21.5 Å². The van der Waals surface area contributed by atoms with E-state index in [0.29, 0.717) is 34.4 Å². The second-order valence-corrected chi connectivity index (χ2v) is 6.60. The molecule has 4 aromatic rings. The number of rotatable bonds is 3. The Kier molecular flexibility index (Phi) is 3.99. The highest BCUT2D eigenvalue weighted by Gasteiger charge is 2.43. The molecule has 0 atom stereocenters. The van der Waals surface area contributed by atoms with Gasteiger partial charge in [-0.2, -0.15) is 13.2 Å². The maximum atomic E-state index is 13.9. The predicted octanol–water partition coefficient (Wildman–Crippen LogP) is 5.39. The molecule has 2 aromatic heterocycles. The van der Waals surface area contributed by atoms with E-state index in [4.69, 9.17) is 13.8 Å². The van der Waals surface area contributed by atoms with Crippen LogP contribution in [0.2, 0.25) is 0 Å². The molecule has 5 rings (SSSR count). The van der Waals surface area contributed by atoms with Crippen molar-refractivity contribution in [2.24, 2.45) is 0 Å². The number of alkyl halides is 3. The van der Waals surface area contributed by atoms with Crippen LogP contribution in [0, 0.1) is 0 Å². The number of aromatic nitrogens is 2. The molecule has 2 aromatic carbocycles. The monoisotopic (exact) mass is 412 g/mol. The normalized spacial score (nSPS) is 12.8. The molecule has 0 bridgehead atoms. The van der Waals surface area contributed by atoms with Crippen LogP contribution in [0.3, 0.4) is 0 Å². The Morgan fingerprint density at radius 1 is 0.933 bits per heavy atom. The minimum absolute atomic E-state index is 0.0951. The summed E-state index contributed by atoms with van der Waals surface area (Å²) in [7, 11) is 0. The van der Waals surface area contributed by atoms with Crippen molar-refractivity contribution in [2.45, 2.75) is 12.8 Å². The zero-order chi connectivity index (χ0) is 20.9. The van der Waals surface area contributed by atoms with Gasteiger partial charge in [0.2, 0.25) is 11.5 Å². The van der Waals surface area contributed by atoms with Crippen LogP contribution in [-0.2, 0) is 12.8 Å². The van der Waals surface area contributed by atoms with Crippen molar-refractivity contribution in [2.75, 3.05) is 0 Å². The Morgan fingerprint density at radius 2 is 1.67 bits per heavy atom. The molecule has 30 heavy (non-hydrogen) atoms. The molecule has 0 fully saturated rings. The number of fused-ring (bicyclic) bond motifs is 3. The van der Waals surface area contributed by atoms with E-state index in [1.165, 1.54) is 18.2 Å². The number of nitrogens with zero attached hydrogens (tertiary/aromatic N) is 2. The highest BCUT2D eigenvalue weighted by atomic mass is 19.4. The molecule has 1 aliphatic heterocycles. The number of ether oxygens (including phenoxy) is 1. The summed E-state index contributed by atoms with van der Waals surface area (Å²) in [6.07, 6.45) is -4.07. The first-order valence-corrected chi connectivity index (χ1v) is 8.81. The Balaban J connectivity index is 1.68. The van der Waals surface area contributed by atoms with Crippen LogP contribution in [0.4, 0.5) is 13.2 Å². The molecule has 0 aliphatic carbocycles. The van der Waals surface area contributed by atoms with Crippen LogP contribution in [0.25, 0.3) is 34.0 Å². The second kappa shape index (κ2) is 6.58. The second-order valence-electron chi connectivity index (χ2n) is 6.60. The fraction of sp³-hybridized carbons (Fsp3) is 0.0952. The number of carbonyl (C=O) groups excluding carboxylic acids is 1. The van der Waals surface area contributed by atoms with E-state index in [1.54, 1.807) is 30.3 Å². The lowest BCUT2D eigenvalue weighted by Gasteiger charge is -2.16. The van der Waals surface area contributed by atoms with Crippen LogP contribution in [0.5, 0.6) is 5.75 Å². The summed E-state index contributed by atoms with van der Waals surface area (Å²) in [6.45, 7) is -0.0951. The summed E-state index contributed by atoms with van der Waals surface area (Å²) in [6, 6.07) is 12.6. The minimum Gasteiger partial charge on any atom is -0.488 e. The van der Waals surface area contributed by atoms with Gasteiger partial charge in [-0.15, -0.1) is 0 Å². The van der Waals surface area contributed by atoms with Gasteiger partial charge < -0.3 is 13.8 Å². The molecule has 0 amide bonds.